The Balaban J connectivity index is 3.10. The van der Waals surface area contributed by atoms with Crippen molar-refractivity contribution in [3.05, 3.63) is 29.3 Å². The van der Waals surface area contributed by atoms with Crippen molar-refractivity contribution in [3.63, 3.8) is 0 Å². The topological polar surface area (TPSA) is 52.3 Å². The Morgan fingerprint density at radius 3 is 2.41 bits per heavy atom. The van der Waals surface area contributed by atoms with Gasteiger partial charge >= 0.3 is 12.1 Å². The van der Waals surface area contributed by atoms with Crippen molar-refractivity contribution >= 4 is 11.7 Å². The fraction of sp³-hybridized carbons (Fsp3) is 0.364. The molecule has 0 aliphatic rings. The van der Waals surface area contributed by atoms with Crippen LogP contribution in [0.5, 0.6) is 0 Å². The number of esters is 1. The molecule has 0 amide bonds. The zero-order valence-electron chi connectivity index (χ0n) is 9.34. The van der Waals surface area contributed by atoms with Gasteiger partial charge in [0.1, 0.15) is 0 Å². The average Bonchev–Trinajstić information content (AvgIpc) is 2.25. The molecule has 0 fully saturated rings. The van der Waals surface area contributed by atoms with E-state index >= 15 is 0 Å². The number of carbonyl (C=O) groups excluding carboxylic acids is 1. The van der Waals surface area contributed by atoms with Gasteiger partial charge in [0.2, 0.25) is 0 Å². The van der Waals surface area contributed by atoms with E-state index in [2.05, 4.69) is 4.74 Å². The van der Waals surface area contributed by atoms with Crippen molar-refractivity contribution in [2.75, 3.05) is 12.8 Å². The highest BCUT2D eigenvalue weighted by molar-refractivity contribution is 5.79. The van der Waals surface area contributed by atoms with Crippen LogP contribution >= 0.6 is 0 Å². The quantitative estimate of drug-likeness (QED) is 0.645. The Bertz CT molecular complexity index is 429. The van der Waals surface area contributed by atoms with E-state index in [1.165, 1.54) is 20.1 Å². The highest BCUT2D eigenvalue weighted by Gasteiger charge is 2.31. The maximum Gasteiger partial charge on any atom is 0.416 e. The van der Waals surface area contributed by atoms with Crippen molar-refractivity contribution < 1.29 is 22.7 Å². The number of rotatable bonds is 2. The molecule has 1 aromatic carbocycles. The smallest absolute Gasteiger partial charge is 0.416 e. The first kappa shape index (κ1) is 13.3. The van der Waals surface area contributed by atoms with Gasteiger partial charge in [-0.25, -0.2) is 0 Å². The molecule has 17 heavy (non-hydrogen) atoms. The number of methoxy groups -OCH3 is 1. The molecule has 2 N–H and O–H groups in total. The average molecular weight is 247 g/mol. The maximum atomic E-state index is 12.4. The standard InChI is InChI=1S/C11H12F3NO2/c1-6(10(16)17-2)8-4-3-7(5-9(8)15)11(12,13)14/h3-6H,15H2,1-2H3. The summed E-state index contributed by atoms with van der Waals surface area (Å²) in [5, 5.41) is 0. The summed E-state index contributed by atoms with van der Waals surface area (Å²) in [4.78, 5) is 11.2. The van der Waals surface area contributed by atoms with Crippen LogP contribution in [-0.4, -0.2) is 13.1 Å². The van der Waals surface area contributed by atoms with E-state index in [9.17, 15) is 18.0 Å². The van der Waals surface area contributed by atoms with Gasteiger partial charge in [-0.2, -0.15) is 13.2 Å². The predicted molar refractivity (Wildman–Crippen MR) is 56.3 cm³/mol. The zero-order valence-corrected chi connectivity index (χ0v) is 9.34. The Morgan fingerprint density at radius 1 is 1.41 bits per heavy atom. The Hall–Kier alpha value is -1.72. The Kier molecular flexibility index (Phi) is 3.65. The first-order valence-electron chi connectivity index (χ1n) is 4.81. The number of hydrogen-bond donors (Lipinski definition) is 1. The molecule has 1 unspecified atom stereocenters. The summed E-state index contributed by atoms with van der Waals surface area (Å²) < 4.78 is 41.6. The van der Waals surface area contributed by atoms with Crippen LogP contribution in [0.25, 0.3) is 0 Å². The van der Waals surface area contributed by atoms with E-state index in [1.54, 1.807) is 0 Å². The molecule has 94 valence electrons. The lowest BCUT2D eigenvalue weighted by Gasteiger charge is -2.14. The normalized spacial score (nSPS) is 13.2. The first-order valence-corrected chi connectivity index (χ1v) is 4.81. The van der Waals surface area contributed by atoms with Crippen LogP contribution < -0.4 is 5.73 Å². The maximum absolute atomic E-state index is 12.4. The van der Waals surface area contributed by atoms with Crippen LogP contribution in [0.2, 0.25) is 0 Å². The molecule has 0 radical (unpaired) electrons. The fourth-order valence-corrected chi connectivity index (χ4v) is 1.45. The molecule has 0 saturated carbocycles. The van der Waals surface area contributed by atoms with E-state index in [0.717, 1.165) is 12.1 Å². The van der Waals surface area contributed by atoms with Crippen molar-refractivity contribution in [2.45, 2.75) is 19.0 Å². The lowest BCUT2D eigenvalue weighted by molar-refractivity contribution is -0.142. The van der Waals surface area contributed by atoms with Gasteiger partial charge in [0.15, 0.2) is 0 Å². The fourth-order valence-electron chi connectivity index (χ4n) is 1.45. The molecule has 0 aliphatic heterocycles. The molecule has 0 aromatic heterocycles. The minimum Gasteiger partial charge on any atom is -0.469 e. The van der Waals surface area contributed by atoms with Crippen molar-refractivity contribution in [1.29, 1.82) is 0 Å². The number of nitrogens with two attached hydrogens (primary N) is 1. The monoisotopic (exact) mass is 247 g/mol. The number of hydrogen-bond acceptors (Lipinski definition) is 3. The number of ether oxygens (including phenoxy) is 1. The molecular weight excluding hydrogens is 235 g/mol. The van der Waals surface area contributed by atoms with Gasteiger partial charge in [0.25, 0.3) is 0 Å². The number of nitrogen functional groups attached to an aromatic ring is 1. The minimum atomic E-state index is -4.44. The highest BCUT2D eigenvalue weighted by atomic mass is 19.4. The third-order valence-corrected chi connectivity index (χ3v) is 2.44. The summed E-state index contributed by atoms with van der Waals surface area (Å²) >= 11 is 0. The molecule has 3 nitrogen and oxygen atoms in total. The van der Waals surface area contributed by atoms with Crippen LogP contribution in [0.1, 0.15) is 24.0 Å². The van der Waals surface area contributed by atoms with Gasteiger partial charge in [0.05, 0.1) is 18.6 Å². The number of benzene rings is 1. The van der Waals surface area contributed by atoms with Crippen LogP contribution in [0.15, 0.2) is 18.2 Å². The molecule has 1 aromatic rings. The van der Waals surface area contributed by atoms with Crippen LogP contribution in [0.3, 0.4) is 0 Å². The highest BCUT2D eigenvalue weighted by Crippen LogP contribution is 2.33. The van der Waals surface area contributed by atoms with Crippen LogP contribution in [0, 0.1) is 0 Å². The molecule has 0 spiro atoms. The summed E-state index contributed by atoms with van der Waals surface area (Å²) in [6.45, 7) is 1.52. The second kappa shape index (κ2) is 4.65. The number of halogens is 3. The molecular formula is C11H12F3NO2. The first-order chi connectivity index (χ1) is 7.77. The van der Waals surface area contributed by atoms with E-state index < -0.39 is 23.6 Å². The molecule has 6 heteroatoms. The van der Waals surface area contributed by atoms with Gasteiger partial charge in [-0.05, 0) is 24.6 Å². The van der Waals surface area contributed by atoms with E-state index in [4.69, 9.17) is 5.73 Å². The van der Waals surface area contributed by atoms with Crippen molar-refractivity contribution in [3.8, 4) is 0 Å². The van der Waals surface area contributed by atoms with E-state index in [-0.39, 0.29) is 5.69 Å². The summed E-state index contributed by atoms with van der Waals surface area (Å²) in [7, 11) is 1.21. The predicted octanol–water partition coefficient (Wildman–Crippen LogP) is 2.56. The van der Waals surface area contributed by atoms with Gasteiger partial charge in [-0.1, -0.05) is 6.07 Å². The van der Waals surface area contributed by atoms with Gasteiger partial charge in [0, 0.05) is 5.69 Å². The Labute approximate surface area is 96.4 Å². The van der Waals surface area contributed by atoms with Crippen LogP contribution in [0.4, 0.5) is 18.9 Å². The lowest BCUT2D eigenvalue weighted by Crippen LogP contribution is -2.14. The SMILES string of the molecule is COC(=O)C(C)c1ccc(C(F)(F)F)cc1N. The summed E-state index contributed by atoms with van der Waals surface area (Å²) in [6.07, 6.45) is -4.44. The second-order valence-electron chi connectivity index (χ2n) is 3.59. The number of anilines is 1. The van der Waals surface area contributed by atoms with E-state index in [1.807, 2.05) is 0 Å². The molecule has 0 saturated heterocycles. The van der Waals surface area contributed by atoms with E-state index in [0.29, 0.717) is 5.56 Å². The number of alkyl halides is 3. The molecule has 1 rings (SSSR count). The third-order valence-electron chi connectivity index (χ3n) is 2.44. The summed E-state index contributed by atoms with van der Waals surface area (Å²) in [5.74, 6) is -1.24. The molecule has 0 aliphatic carbocycles. The molecule has 1 atom stereocenters. The lowest BCUT2D eigenvalue weighted by atomic mass is 9.97. The second-order valence-corrected chi connectivity index (χ2v) is 3.59. The minimum absolute atomic E-state index is 0.0716. The molecule has 0 bridgehead atoms. The van der Waals surface area contributed by atoms with Gasteiger partial charge in [-0.3, -0.25) is 4.79 Å². The third kappa shape index (κ3) is 2.89. The summed E-state index contributed by atoms with van der Waals surface area (Å²) in [6, 6.07) is 2.90. The van der Waals surface area contributed by atoms with Gasteiger partial charge in [-0.15, -0.1) is 0 Å². The summed E-state index contributed by atoms with van der Waals surface area (Å²) in [5.41, 5.74) is 4.92. The van der Waals surface area contributed by atoms with Gasteiger partial charge < -0.3 is 10.5 Å². The van der Waals surface area contributed by atoms with Crippen LogP contribution in [-0.2, 0) is 15.7 Å². The number of carbonyl (C=O) groups is 1. The zero-order chi connectivity index (χ0) is 13.2. The Morgan fingerprint density at radius 2 is 2.00 bits per heavy atom. The van der Waals surface area contributed by atoms with Crippen molar-refractivity contribution in [1.82, 2.24) is 0 Å². The largest absolute Gasteiger partial charge is 0.469 e. The van der Waals surface area contributed by atoms with Crippen molar-refractivity contribution in [2.24, 2.45) is 0 Å². The molecule has 0 heterocycles.